The van der Waals surface area contributed by atoms with Crippen LogP contribution in [-0.2, 0) is 19.1 Å². The molecule has 7 atom stereocenters. The van der Waals surface area contributed by atoms with Crippen molar-refractivity contribution in [1.82, 2.24) is 0 Å². The molecule has 0 aromatic rings. The van der Waals surface area contributed by atoms with Crippen LogP contribution in [0.4, 0.5) is 0 Å². The molecule has 7 unspecified atom stereocenters. The van der Waals surface area contributed by atoms with Crippen molar-refractivity contribution in [2.45, 2.75) is 52.2 Å². The van der Waals surface area contributed by atoms with Crippen molar-refractivity contribution >= 4 is 11.8 Å². The van der Waals surface area contributed by atoms with E-state index in [-0.39, 0.29) is 47.6 Å². The smallest absolute Gasteiger partial charge is 0.306 e. The maximum Gasteiger partial charge on any atom is 0.306 e. The molecule has 2 saturated heterocycles. The molecule has 3 rings (SSSR count). The van der Waals surface area contributed by atoms with Crippen LogP contribution in [0, 0.1) is 29.6 Å². The lowest BCUT2D eigenvalue weighted by Crippen LogP contribution is -2.35. The van der Waals surface area contributed by atoms with E-state index in [9.17, 15) is 9.59 Å². The zero-order valence-corrected chi connectivity index (χ0v) is 12.5. The Balaban J connectivity index is 1.76. The van der Waals surface area contributed by atoms with Crippen molar-refractivity contribution in [3.05, 3.63) is 0 Å². The molecular weight excluding hydrogens is 256 g/mol. The number of hydrogen-bond acceptors (Lipinski definition) is 4. The van der Waals surface area contributed by atoms with Crippen LogP contribution in [-0.4, -0.2) is 30.6 Å². The molecule has 1 aliphatic carbocycles. The van der Waals surface area contributed by atoms with E-state index in [2.05, 4.69) is 13.8 Å². The van der Waals surface area contributed by atoms with Crippen molar-refractivity contribution in [3.8, 4) is 0 Å². The molecule has 20 heavy (non-hydrogen) atoms. The summed E-state index contributed by atoms with van der Waals surface area (Å²) in [5.41, 5.74) is 0. The van der Waals surface area contributed by atoms with Crippen LogP contribution < -0.4 is 0 Å². The van der Waals surface area contributed by atoms with Gasteiger partial charge in [0.15, 0.2) is 0 Å². The number of carbonyl (C=O) groups excluding carboxylic acids is 2. The van der Waals surface area contributed by atoms with Gasteiger partial charge in [-0.3, -0.25) is 9.59 Å². The summed E-state index contributed by atoms with van der Waals surface area (Å²) in [4.78, 5) is 23.9. The van der Waals surface area contributed by atoms with Crippen LogP contribution in [0.1, 0.15) is 40.0 Å². The lowest BCUT2D eigenvalue weighted by atomic mass is 9.79. The average Bonchev–Trinajstić information content (AvgIpc) is 3.00. The largest absolute Gasteiger partial charge is 0.461 e. The van der Waals surface area contributed by atoms with Gasteiger partial charge in [0.1, 0.15) is 11.9 Å². The van der Waals surface area contributed by atoms with Crippen molar-refractivity contribution in [2.24, 2.45) is 29.6 Å². The molecule has 0 spiro atoms. The number of ketones is 1. The zero-order valence-electron chi connectivity index (χ0n) is 12.5. The highest BCUT2D eigenvalue weighted by atomic mass is 16.6. The molecule has 0 aromatic heterocycles. The van der Waals surface area contributed by atoms with E-state index < -0.39 is 0 Å². The number of esters is 1. The lowest BCUT2D eigenvalue weighted by Gasteiger charge is -2.29. The van der Waals surface area contributed by atoms with Crippen LogP contribution in [0.5, 0.6) is 0 Å². The molecule has 0 radical (unpaired) electrons. The fourth-order valence-corrected chi connectivity index (χ4v) is 4.40. The molecule has 0 bridgehead atoms. The Kier molecular flexibility index (Phi) is 3.61. The minimum Gasteiger partial charge on any atom is -0.461 e. The SMILES string of the molecule is CC1CCOC1C1CC(=O)C(C2OC(=O)CC2C)C1C. The lowest BCUT2D eigenvalue weighted by molar-refractivity contribution is -0.145. The third-order valence-electron chi connectivity index (χ3n) is 5.59. The summed E-state index contributed by atoms with van der Waals surface area (Å²) in [5, 5.41) is 0. The van der Waals surface area contributed by atoms with Gasteiger partial charge >= 0.3 is 5.97 Å². The van der Waals surface area contributed by atoms with E-state index in [0.29, 0.717) is 18.8 Å². The minimum absolute atomic E-state index is 0.127. The molecule has 0 aromatic carbocycles. The van der Waals surface area contributed by atoms with Crippen LogP contribution in [0.25, 0.3) is 0 Å². The first kappa shape index (κ1) is 14.1. The first-order chi connectivity index (χ1) is 9.49. The second kappa shape index (κ2) is 5.14. The maximum atomic E-state index is 12.5. The Bertz CT molecular complexity index is 419. The van der Waals surface area contributed by atoms with E-state index in [0.717, 1.165) is 13.0 Å². The van der Waals surface area contributed by atoms with Gasteiger partial charge in [-0.1, -0.05) is 20.8 Å². The fraction of sp³-hybridized carbons (Fsp3) is 0.875. The van der Waals surface area contributed by atoms with Crippen molar-refractivity contribution < 1.29 is 19.1 Å². The van der Waals surface area contributed by atoms with E-state index in [1.54, 1.807) is 0 Å². The second-order valence-electron chi connectivity index (χ2n) is 6.96. The minimum atomic E-state index is -0.216. The standard InChI is InChI=1S/C16H24O4/c1-8-4-5-19-15(8)11-7-12(17)14(10(11)3)16-9(2)6-13(18)20-16/h8-11,14-16H,4-7H2,1-3H3. The van der Waals surface area contributed by atoms with E-state index in [1.165, 1.54) is 0 Å². The molecule has 4 nitrogen and oxygen atoms in total. The molecule has 112 valence electrons. The summed E-state index contributed by atoms with van der Waals surface area (Å²) in [6.45, 7) is 7.16. The number of hydrogen-bond donors (Lipinski definition) is 0. The van der Waals surface area contributed by atoms with Gasteiger partial charge in [0.2, 0.25) is 0 Å². The molecule has 3 fully saturated rings. The highest BCUT2D eigenvalue weighted by Crippen LogP contribution is 2.46. The Hall–Kier alpha value is -0.900. The topological polar surface area (TPSA) is 52.6 Å². The Morgan fingerprint density at radius 3 is 2.30 bits per heavy atom. The predicted octanol–water partition coefficient (Wildman–Crippen LogP) is 2.20. The summed E-state index contributed by atoms with van der Waals surface area (Å²) in [5.74, 6) is 1.19. The van der Waals surface area contributed by atoms with Crippen LogP contribution in [0.2, 0.25) is 0 Å². The first-order valence-electron chi connectivity index (χ1n) is 7.83. The summed E-state index contributed by atoms with van der Waals surface area (Å²) in [6.07, 6.45) is 2.10. The van der Waals surface area contributed by atoms with Gasteiger partial charge in [0, 0.05) is 18.9 Å². The van der Waals surface area contributed by atoms with Crippen LogP contribution in [0.15, 0.2) is 0 Å². The van der Waals surface area contributed by atoms with Gasteiger partial charge in [0.25, 0.3) is 0 Å². The molecule has 1 saturated carbocycles. The molecule has 3 aliphatic rings. The average molecular weight is 280 g/mol. The number of Topliss-reactive ketones (excluding diaryl/α,β-unsaturated/α-hetero) is 1. The van der Waals surface area contributed by atoms with Gasteiger partial charge < -0.3 is 9.47 Å². The molecule has 2 heterocycles. The van der Waals surface area contributed by atoms with E-state index in [1.807, 2.05) is 6.92 Å². The Labute approximate surface area is 120 Å². The van der Waals surface area contributed by atoms with E-state index >= 15 is 0 Å². The number of carbonyl (C=O) groups is 2. The Morgan fingerprint density at radius 2 is 1.75 bits per heavy atom. The predicted molar refractivity (Wildman–Crippen MR) is 73.0 cm³/mol. The first-order valence-corrected chi connectivity index (χ1v) is 7.83. The van der Waals surface area contributed by atoms with E-state index in [4.69, 9.17) is 9.47 Å². The van der Waals surface area contributed by atoms with Crippen molar-refractivity contribution in [1.29, 1.82) is 0 Å². The highest BCUT2D eigenvalue weighted by Gasteiger charge is 2.52. The van der Waals surface area contributed by atoms with Gasteiger partial charge in [-0.2, -0.15) is 0 Å². The van der Waals surface area contributed by atoms with Crippen LogP contribution >= 0.6 is 0 Å². The second-order valence-corrected chi connectivity index (χ2v) is 6.96. The summed E-state index contributed by atoms with van der Waals surface area (Å²) in [7, 11) is 0. The molecule has 4 heteroatoms. The fourth-order valence-electron chi connectivity index (χ4n) is 4.40. The molecule has 0 amide bonds. The number of ether oxygens (including phenoxy) is 2. The number of rotatable bonds is 2. The van der Waals surface area contributed by atoms with Crippen molar-refractivity contribution in [2.75, 3.05) is 6.61 Å². The molecule has 2 aliphatic heterocycles. The highest BCUT2D eigenvalue weighted by molar-refractivity contribution is 5.85. The van der Waals surface area contributed by atoms with Gasteiger partial charge in [-0.25, -0.2) is 0 Å². The molecule has 0 N–H and O–H groups in total. The normalized spacial score (nSPS) is 48.9. The number of cyclic esters (lactones) is 1. The van der Waals surface area contributed by atoms with Gasteiger partial charge in [-0.15, -0.1) is 0 Å². The summed E-state index contributed by atoms with van der Waals surface area (Å²) in [6, 6.07) is 0. The third-order valence-corrected chi connectivity index (χ3v) is 5.59. The maximum absolute atomic E-state index is 12.5. The van der Waals surface area contributed by atoms with Gasteiger partial charge in [-0.05, 0) is 24.2 Å². The summed E-state index contributed by atoms with van der Waals surface area (Å²) >= 11 is 0. The quantitative estimate of drug-likeness (QED) is 0.728. The third kappa shape index (κ3) is 2.18. The molecular formula is C16H24O4. The summed E-state index contributed by atoms with van der Waals surface area (Å²) < 4.78 is 11.3. The van der Waals surface area contributed by atoms with Crippen LogP contribution in [0.3, 0.4) is 0 Å². The van der Waals surface area contributed by atoms with Gasteiger partial charge in [0.05, 0.1) is 18.4 Å². The monoisotopic (exact) mass is 280 g/mol. The zero-order chi connectivity index (χ0) is 14.4. The van der Waals surface area contributed by atoms with Crippen molar-refractivity contribution in [3.63, 3.8) is 0 Å². The Morgan fingerprint density at radius 1 is 1.00 bits per heavy atom.